The van der Waals surface area contributed by atoms with Crippen molar-refractivity contribution in [1.29, 1.82) is 0 Å². The van der Waals surface area contributed by atoms with E-state index >= 15 is 4.57 Å². The van der Waals surface area contributed by atoms with Crippen molar-refractivity contribution in [2.75, 3.05) is 5.32 Å². The summed E-state index contributed by atoms with van der Waals surface area (Å²) in [4.78, 5) is 4.68. The molecule has 3 nitrogen and oxygen atoms in total. The molecule has 6 rings (SSSR count). The molecule has 0 aliphatic carbocycles. The van der Waals surface area contributed by atoms with Gasteiger partial charge in [-0.15, -0.1) is 0 Å². The predicted octanol–water partition coefficient (Wildman–Crippen LogP) is 6.41. The first-order valence-corrected chi connectivity index (χ1v) is 14.0. The molecule has 0 amide bonds. The molecule has 36 heavy (non-hydrogen) atoms. The number of para-hydroxylation sites is 1. The van der Waals surface area contributed by atoms with Crippen molar-refractivity contribution in [3.8, 4) is 0 Å². The molecule has 5 aromatic rings. The van der Waals surface area contributed by atoms with Crippen molar-refractivity contribution in [3.05, 3.63) is 150 Å². The molecule has 2 heterocycles. The Morgan fingerprint density at radius 2 is 1.28 bits per heavy atom. The first-order chi connectivity index (χ1) is 17.7. The van der Waals surface area contributed by atoms with Gasteiger partial charge in [-0.2, -0.15) is 0 Å². The molecule has 0 saturated carbocycles. The van der Waals surface area contributed by atoms with Gasteiger partial charge in [0.1, 0.15) is 0 Å². The van der Waals surface area contributed by atoms with Crippen LogP contribution in [0, 0.1) is 0 Å². The molecule has 1 aliphatic heterocycles. The number of nitrogens with zero attached hydrogens (tertiary/aromatic N) is 1. The number of nitrogens with one attached hydrogen (secondary N) is 1. The predicted molar refractivity (Wildman–Crippen MR) is 149 cm³/mol. The number of anilines is 1. The van der Waals surface area contributed by atoms with Gasteiger partial charge in [0, 0.05) is 33.7 Å². The summed E-state index contributed by atoms with van der Waals surface area (Å²) in [6.45, 7) is 0. The number of hydrogen-bond acceptors (Lipinski definition) is 3. The quantitative estimate of drug-likeness (QED) is 0.292. The molecular weight excluding hydrogens is 459 g/mol. The van der Waals surface area contributed by atoms with Gasteiger partial charge in [-0.1, -0.05) is 109 Å². The molecule has 0 unspecified atom stereocenters. The molecular formula is C32H27N2OP. The summed E-state index contributed by atoms with van der Waals surface area (Å²) < 4.78 is 15.3. The van der Waals surface area contributed by atoms with E-state index in [-0.39, 0.29) is 12.0 Å². The summed E-state index contributed by atoms with van der Waals surface area (Å²) in [5.41, 5.74) is 4.39. The fourth-order valence-electron chi connectivity index (χ4n) is 5.34. The second-order valence-corrected chi connectivity index (χ2v) is 11.9. The van der Waals surface area contributed by atoms with Crippen molar-refractivity contribution < 1.29 is 4.57 Å². The fourth-order valence-corrected chi connectivity index (χ4v) is 8.19. The van der Waals surface area contributed by atoms with E-state index in [0.717, 1.165) is 33.7 Å². The molecule has 1 aromatic heterocycles. The second-order valence-electron chi connectivity index (χ2n) is 9.17. The van der Waals surface area contributed by atoms with Crippen LogP contribution in [0.3, 0.4) is 0 Å². The van der Waals surface area contributed by atoms with Gasteiger partial charge in [-0.05, 0) is 35.7 Å². The minimum absolute atomic E-state index is 0.00468. The number of aromatic nitrogens is 1. The maximum atomic E-state index is 15.3. The van der Waals surface area contributed by atoms with Crippen LogP contribution in [0.5, 0.6) is 0 Å². The molecule has 4 aromatic carbocycles. The van der Waals surface area contributed by atoms with Gasteiger partial charge in [0.05, 0.1) is 11.7 Å². The molecule has 0 saturated heterocycles. The van der Waals surface area contributed by atoms with Crippen molar-refractivity contribution in [1.82, 2.24) is 4.98 Å². The lowest BCUT2D eigenvalue weighted by atomic mass is 9.81. The third-order valence-electron chi connectivity index (χ3n) is 7.07. The first kappa shape index (κ1) is 22.5. The summed E-state index contributed by atoms with van der Waals surface area (Å²) in [6, 6.07) is 42.7. The van der Waals surface area contributed by atoms with Crippen LogP contribution in [0.2, 0.25) is 0 Å². The molecule has 0 radical (unpaired) electrons. The van der Waals surface area contributed by atoms with Gasteiger partial charge < -0.3 is 9.88 Å². The number of fused-ring (bicyclic) bond motifs is 1. The van der Waals surface area contributed by atoms with Crippen LogP contribution in [-0.4, -0.2) is 4.98 Å². The topological polar surface area (TPSA) is 42.0 Å². The zero-order valence-electron chi connectivity index (χ0n) is 19.9. The Morgan fingerprint density at radius 3 is 1.89 bits per heavy atom. The average molecular weight is 487 g/mol. The molecule has 176 valence electrons. The van der Waals surface area contributed by atoms with Crippen molar-refractivity contribution in [2.45, 2.75) is 18.4 Å². The van der Waals surface area contributed by atoms with Crippen LogP contribution >= 0.6 is 7.14 Å². The third kappa shape index (κ3) is 3.96. The Bertz CT molecular complexity index is 1460. The first-order valence-electron chi connectivity index (χ1n) is 12.3. The number of rotatable bonds is 5. The smallest absolute Gasteiger partial charge is 0.173 e. The van der Waals surface area contributed by atoms with Crippen molar-refractivity contribution in [3.63, 3.8) is 0 Å². The third-order valence-corrected chi connectivity index (χ3v) is 10.2. The lowest BCUT2D eigenvalue weighted by molar-refractivity contribution is 0.588. The van der Waals surface area contributed by atoms with E-state index < -0.39 is 7.14 Å². The van der Waals surface area contributed by atoms with E-state index in [1.807, 2.05) is 85.1 Å². The minimum Gasteiger partial charge on any atom is -0.376 e. The Balaban J connectivity index is 1.60. The van der Waals surface area contributed by atoms with Gasteiger partial charge >= 0.3 is 0 Å². The highest BCUT2D eigenvalue weighted by Gasteiger charge is 2.37. The largest absolute Gasteiger partial charge is 0.376 e. The highest BCUT2D eigenvalue weighted by molar-refractivity contribution is 7.85. The second kappa shape index (κ2) is 9.60. The van der Waals surface area contributed by atoms with Crippen molar-refractivity contribution >= 4 is 28.7 Å². The Hall–Kier alpha value is -3.94. The van der Waals surface area contributed by atoms with E-state index in [1.54, 1.807) is 0 Å². The molecule has 2 atom stereocenters. The maximum absolute atomic E-state index is 15.3. The van der Waals surface area contributed by atoms with Gasteiger partial charge in [-0.3, -0.25) is 4.98 Å². The number of hydrogen-bond donors (Lipinski definition) is 1. The molecule has 0 spiro atoms. The van der Waals surface area contributed by atoms with E-state index in [1.165, 1.54) is 11.1 Å². The van der Waals surface area contributed by atoms with Crippen LogP contribution in [0.15, 0.2) is 134 Å². The van der Waals surface area contributed by atoms with Crippen LogP contribution in [0.1, 0.15) is 35.2 Å². The molecule has 1 aliphatic rings. The highest BCUT2D eigenvalue weighted by Crippen LogP contribution is 2.50. The van der Waals surface area contributed by atoms with Crippen molar-refractivity contribution in [2.24, 2.45) is 0 Å². The lowest BCUT2D eigenvalue weighted by Crippen LogP contribution is -2.32. The van der Waals surface area contributed by atoms with E-state index in [9.17, 15) is 0 Å². The zero-order chi connectivity index (χ0) is 24.4. The normalized spacial score (nSPS) is 17.1. The van der Waals surface area contributed by atoms with Crippen LogP contribution in [0.25, 0.3) is 0 Å². The molecule has 4 heteroatoms. The van der Waals surface area contributed by atoms with Gasteiger partial charge in [0.15, 0.2) is 7.14 Å². The van der Waals surface area contributed by atoms with E-state index in [2.05, 4.69) is 58.8 Å². The standard InChI is InChI=1S/C32H27N2OP/c35-36(25-15-6-2-7-16-25,26-17-8-3-9-18-26)31-21-12-19-27-28(24-13-4-1-5-14-24)23-30(34-32(27)31)29-20-10-11-22-33-29/h1-22,28,30,34H,23H2/t28-,30+/m1/s1. The Morgan fingerprint density at radius 1 is 0.667 bits per heavy atom. The average Bonchev–Trinajstić information content (AvgIpc) is 2.97. The van der Waals surface area contributed by atoms with E-state index in [0.29, 0.717) is 0 Å². The number of benzene rings is 4. The Labute approximate surface area is 212 Å². The van der Waals surface area contributed by atoms with Gasteiger partial charge in [0.2, 0.25) is 0 Å². The highest BCUT2D eigenvalue weighted by atomic mass is 31.2. The van der Waals surface area contributed by atoms with Gasteiger partial charge in [-0.25, -0.2) is 0 Å². The summed E-state index contributed by atoms with van der Waals surface area (Å²) in [7, 11) is -3.16. The molecule has 0 bridgehead atoms. The molecule has 1 N–H and O–H groups in total. The summed E-state index contributed by atoms with van der Waals surface area (Å²) >= 11 is 0. The van der Waals surface area contributed by atoms with Crippen LogP contribution in [0.4, 0.5) is 5.69 Å². The zero-order valence-corrected chi connectivity index (χ0v) is 20.8. The van der Waals surface area contributed by atoms with E-state index in [4.69, 9.17) is 0 Å². The lowest BCUT2D eigenvalue weighted by Gasteiger charge is -2.36. The maximum Gasteiger partial charge on any atom is 0.173 e. The fraction of sp³-hybridized carbons (Fsp3) is 0.0938. The van der Waals surface area contributed by atoms with Gasteiger partial charge in [0.25, 0.3) is 0 Å². The SMILES string of the molecule is O=P(c1ccccc1)(c1ccccc1)c1cccc2c1N[C@H](c1ccccn1)C[C@@H]2c1ccccc1. The Kier molecular flexibility index (Phi) is 6.01. The van der Waals surface area contributed by atoms with Crippen LogP contribution in [-0.2, 0) is 4.57 Å². The number of pyridine rings is 1. The summed E-state index contributed by atoms with van der Waals surface area (Å²) in [6.07, 6.45) is 2.72. The minimum atomic E-state index is -3.16. The van der Waals surface area contributed by atoms with Crippen LogP contribution < -0.4 is 21.2 Å². The summed E-state index contributed by atoms with van der Waals surface area (Å²) in [5.74, 6) is 0.161. The summed E-state index contributed by atoms with van der Waals surface area (Å²) in [5, 5.41) is 6.31. The monoisotopic (exact) mass is 486 g/mol. The molecule has 0 fully saturated rings.